The number of hydrogen-bond acceptors (Lipinski definition) is 3. The number of nitrogens with zero attached hydrogens (tertiary/aromatic N) is 1. The second kappa shape index (κ2) is 8.12. The average molecular weight is 283 g/mol. The number of esters is 1. The van der Waals surface area contributed by atoms with Gasteiger partial charge in [-0.1, -0.05) is 38.3 Å². The van der Waals surface area contributed by atoms with Gasteiger partial charge in [-0.3, -0.25) is 0 Å². The molecule has 0 aromatic heterocycles. The first-order valence-corrected chi connectivity index (χ1v) is 7.22. The zero-order chi connectivity index (χ0) is 15.8. The minimum absolute atomic E-state index is 0.0802. The van der Waals surface area contributed by atoms with Crippen molar-refractivity contribution in [2.75, 3.05) is 6.61 Å². The van der Waals surface area contributed by atoms with Gasteiger partial charge in [-0.05, 0) is 36.8 Å². The highest BCUT2D eigenvalue weighted by Gasteiger charge is 2.25. The Morgan fingerprint density at radius 3 is 2.76 bits per heavy atom. The molecular weight excluding hydrogens is 262 g/mol. The lowest BCUT2D eigenvalue weighted by molar-refractivity contribution is -0.139. The third kappa shape index (κ3) is 4.10. The van der Waals surface area contributed by atoms with Gasteiger partial charge in [0, 0.05) is 5.57 Å². The molecule has 1 unspecified atom stereocenters. The van der Waals surface area contributed by atoms with Gasteiger partial charge in [0.2, 0.25) is 0 Å². The second-order valence-corrected chi connectivity index (χ2v) is 5.11. The molecule has 0 spiro atoms. The molecular formula is C18H21NO2. The van der Waals surface area contributed by atoms with E-state index in [1.54, 1.807) is 0 Å². The summed E-state index contributed by atoms with van der Waals surface area (Å²) in [5.41, 5.74) is 2.44. The van der Waals surface area contributed by atoms with Crippen LogP contribution >= 0.6 is 0 Å². The normalized spacial score (nSPS) is 18.3. The van der Waals surface area contributed by atoms with Crippen molar-refractivity contribution in [3.05, 3.63) is 34.4 Å². The van der Waals surface area contributed by atoms with Crippen molar-refractivity contribution < 1.29 is 9.53 Å². The van der Waals surface area contributed by atoms with E-state index in [1.165, 1.54) is 0 Å². The standard InChI is InChI=1S/C18H21NO2/c1-5-8-15-14(7-3)9-10-16(15)17(11-19)18(20)21-12-13(4)6-2/h3,5,8,13H,6,9-10,12H2,1-2,4H3/b8-5-,17-16+. The van der Waals surface area contributed by atoms with Gasteiger partial charge in [-0.2, -0.15) is 5.26 Å². The fourth-order valence-electron chi connectivity index (χ4n) is 2.12. The molecule has 110 valence electrons. The quantitative estimate of drug-likeness (QED) is 0.334. The van der Waals surface area contributed by atoms with E-state index in [9.17, 15) is 10.1 Å². The van der Waals surface area contributed by atoms with Gasteiger partial charge in [0.25, 0.3) is 0 Å². The number of nitriles is 1. The molecule has 0 fully saturated rings. The maximum Gasteiger partial charge on any atom is 0.349 e. The van der Waals surface area contributed by atoms with Crippen LogP contribution in [0.15, 0.2) is 34.4 Å². The van der Waals surface area contributed by atoms with Crippen LogP contribution in [-0.4, -0.2) is 12.6 Å². The summed E-state index contributed by atoms with van der Waals surface area (Å²) in [4.78, 5) is 12.1. The number of carbonyl (C=O) groups is 1. The van der Waals surface area contributed by atoms with Crippen LogP contribution in [0.3, 0.4) is 0 Å². The van der Waals surface area contributed by atoms with Crippen LogP contribution in [-0.2, 0) is 9.53 Å². The van der Waals surface area contributed by atoms with Gasteiger partial charge in [0.05, 0.1) is 6.61 Å². The summed E-state index contributed by atoms with van der Waals surface area (Å²) < 4.78 is 5.24. The van der Waals surface area contributed by atoms with Crippen LogP contribution in [0.5, 0.6) is 0 Å². The predicted molar refractivity (Wildman–Crippen MR) is 83.0 cm³/mol. The van der Waals surface area contributed by atoms with Crippen LogP contribution in [0.2, 0.25) is 0 Å². The molecule has 0 saturated heterocycles. The molecule has 0 heterocycles. The van der Waals surface area contributed by atoms with Crippen molar-refractivity contribution in [1.82, 2.24) is 0 Å². The van der Waals surface area contributed by atoms with Gasteiger partial charge >= 0.3 is 5.97 Å². The summed E-state index contributed by atoms with van der Waals surface area (Å²) >= 11 is 0. The Balaban J connectivity index is 3.08. The molecule has 0 amide bonds. The maximum absolute atomic E-state index is 12.1. The van der Waals surface area contributed by atoms with Crippen LogP contribution in [0.4, 0.5) is 0 Å². The van der Waals surface area contributed by atoms with E-state index in [-0.39, 0.29) is 11.5 Å². The maximum atomic E-state index is 12.1. The zero-order valence-corrected chi connectivity index (χ0v) is 12.9. The smallest absolute Gasteiger partial charge is 0.349 e. The summed E-state index contributed by atoms with van der Waals surface area (Å²) in [5.74, 6) is 2.38. The lowest BCUT2D eigenvalue weighted by Crippen LogP contribution is -2.14. The molecule has 0 aromatic carbocycles. The van der Waals surface area contributed by atoms with Crippen molar-refractivity contribution in [2.45, 2.75) is 40.0 Å². The van der Waals surface area contributed by atoms with E-state index in [2.05, 4.69) is 5.92 Å². The predicted octanol–water partition coefficient (Wildman–Crippen LogP) is 3.70. The van der Waals surface area contributed by atoms with Crippen molar-refractivity contribution in [1.29, 1.82) is 5.26 Å². The van der Waals surface area contributed by atoms with E-state index in [4.69, 9.17) is 11.2 Å². The van der Waals surface area contributed by atoms with Crippen LogP contribution in [0, 0.1) is 29.6 Å². The summed E-state index contributed by atoms with van der Waals surface area (Å²) in [6.07, 6.45) is 11.4. The van der Waals surface area contributed by atoms with Gasteiger partial charge in [0.1, 0.15) is 11.6 Å². The Kier molecular flexibility index (Phi) is 6.50. The molecule has 0 radical (unpaired) electrons. The molecule has 3 nitrogen and oxygen atoms in total. The Hall–Kier alpha value is -2.26. The highest BCUT2D eigenvalue weighted by Crippen LogP contribution is 2.34. The van der Waals surface area contributed by atoms with Gasteiger partial charge in [0.15, 0.2) is 0 Å². The highest BCUT2D eigenvalue weighted by atomic mass is 16.5. The van der Waals surface area contributed by atoms with Gasteiger partial charge in [-0.25, -0.2) is 4.79 Å². The molecule has 0 aliphatic heterocycles. The van der Waals surface area contributed by atoms with E-state index in [0.717, 1.165) is 17.6 Å². The number of hydrogen-bond donors (Lipinski definition) is 0. The fourth-order valence-corrected chi connectivity index (χ4v) is 2.12. The Morgan fingerprint density at radius 1 is 1.52 bits per heavy atom. The molecule has 1 atom stereocenters. The van der Waals surface area contributed by atoms with Gasteiger partial charge in [-0.15, -0.1) is 6.42 Å². The average Bonchev–Trinajstić information content (AvgIpc) is 2.89. The topological polar surface area (TPSA) is 50.1 Å². The summed E-state index contributed by atoms with van der Waals surface area (Å²) in [5, 5.41) is 9.32. The number of terminal acetylenes is 1. The first kappa shape index (κ1) is 16.8. The highest BCUT2D eigenvalue weighted by molar-refractivity contribution is 5.95. The van der Waals surface area contributed by atoms with Crippen LogP contribution < -0.4 is 0 Å². The Morgan fingerprint density at radius 2 is 2.24 bits per heavy atom. The number of rotatable bonds is 5. The lowest BCUT2D eigenvalue weighted by atomic mass is 10.0. The third-order valence-corrected chi connectivity index (χ3v) is 3.60. The van der Waals surface area contributed by atoms with E-state index in [1.807, 2.05) is 39.0 Å². The molecule has 21 heavy (non-hydrogen) atoms. The molecule has 1 aliphatic rings. The molecule has 0 aromatic rings. The first-order chi connectivity index (χ1) is 10.1. The van der Waals surface area contributed by atoms with Gasteiger partial charge < -0.3 is 4.74 Å². The van der Waals surface area contributed by atoms with E-state index >= 15 is 0 Å². The SMILES string of the molecule is C#CC1=C(/C=C\C)/C(=C(\C#N)C(=O)OCC(C)CC)CC1. The summed E-state index contributed by atoms with van der Waals surface area (Å²) in [6.45, 7) is 6.25. The van der Waals surface area contributed by atoms with Crippen LogP contribution in [0.25, 0.3) is 0 Å². The summed E-state index contributed by atoms with van der Waals surface area (Å²) in [6, 6.07) is 1.99. The molecule has 0 bridgehead atoms. The molecule has 3 heteroatoms. The van der Waals surface area contributed by atoms with Crippen molar-refractivity contribution >= 4 is 5.97 Å². The molecule has 0 N–H and O–H groups in total. The van der Waals surface area contributed by atoms with Crippen LogP contribution in [0.1, 0.15) is 40.0 Å². The number of ether oxygens (including phenoxy) is 1. The minimum Gasteiger partial charge on any atom is -0.461 e. The van der Waals surface area contributed by atoms with E-state index in [0.29, 0.717) is 25.0 Å². The zero-order valence-electron chi connectivity index (χ0n) is 12.9. The lowest BCUT2D eigenvalue weighted by Gasteiger charge is -2.10. The Labute approximate surface area is 127 Å². The first-order valence-electron chi connectivity index (χ1n) is 7.22. The van der Waals surface area contributed by atoms with Crippen molar-refractivity contribution in [3.63, 3.8) is 0 Å². The fraction of sp³-hybridized carbons (Fsp3) is 0.444. The monoisotopic (exact) mass is 283 g/mol. The van der Waals surface area contributed by atoms with Crippen molar-refractivity contribution in [3.8, 4) is 18.4 Å². The number of carbonyl (C=O) groups excluding carboxylic acids is 1. The molecule has 1 aliphatic carbocycles. The van der Waals surface area contributed by atoms with Crippen molar-refractivity contribution in [2.24, 2.45) is 5.92 Å². The molecule has 1 rings (SSSR count). The minimum atomic E-state index is -0.548. The van der Waals surface area contributed by atoms with E-state index < -0.39 is 5.97 Å². The number of allylic oxidation sites excluding steroid dienone is 5. The Bertz CT molecular complexity index is 579. The summed E-state index contributed by atoms with van der Waals surface area (Å²) in [7, 11) is 0. The largest absolute Gasteiger partial charge is 0.461 e. The third-order valence-electron chi connectivity index (χ3n) is 3.60. The second-order valence-electron chi connectivity index (χ2n) is 5.11. The molecule has 0 saturated carbocycles.